The van der Waals surface area contributed by atoms with Crippen molar-refractivity contribution in [3.05, 3.63) is 0 Å². The van der Waals surface area contributed by atoms with Crippen LogP contribution in [-0.2, 0) is 0 Å². The first-order valence-corrected chi connectivity index (χ1v) is 7.00. The van der Waals surface area contributed by atoms with Crippen molar-refractivity contribution in [1.29, 1.82) is 0 Å². The zero-order chi connectivity index (χ0) is 10.7. The normalized spacial score (nSPS) is 42.8. The van der Waals surface area contributed by atoms with Crippen LogP contribution in [0.2, 0.25) is 0 Å². The largest absolute Gasteiger partial charge is 0.311 e. The van der Waals surface area contributed by atoms with Crippen molar-refractivity contribution in [3.63, 3.8) is 0 Å². The molecule has 0 unspecified atom stereocenters. The molecule has 1 N–H and O–H groups in total. The van der Waals surface area contributed by atoms with Gasteiger partial charge in [-0.2, -0.15) is 0 Å². The van der Waals surface area contributed by atoms with Crippen LogP contribution < -0.4 is 5.32 Å². The summed E-state index contributed by atoms with van der Waals surface area (Å²) in [5.74, 6) is 1.91. The zero-order valence-electron chi connectivity index (χ0n) is 10.5. The summed E-state index contributed by atoms with van der Waals surface area (Å²) in [4.78, 5) is 0. The Balaban J connectivity index is 1.75. The highest BCUT2D eigenvalue weighted by atomic mass is 15.0. The lowest BCUT2D eigenvalue weighted by Crippen LogP contribution is -2.42. The van der Waals surface area contributed by atoms with E-state index in [9.17, 15) is 0 Å². The molecule has 0 spiro atoms. The van der Waals surface area contributed by atoms with Crippen LogP contribution in [0.15, 0.2) is 0 Å². The summed E-state index contributed by atoms with van der Waals surface area (Å²) in [6, 6.07) is 1.67. The van der Waals surface area contributed by atoms with Crippen LogP contribution in [-0.4, -0.2) is 12.1 Å². The molecular formula is C14H27N. The molecular weight excluding hydrogens is 182 g/mol. The average molecular weight is 209 g/mol. The standard InChI is InChI=1S/C14H27N/c1-11-5-3-7-13(9-11)15-14-8-4-6-12(2)10-14/h11-15H,3-10H2,1-2H3/t11-,12+,13-,14-/m0/s1. The van der Waals surface area contributed by atoms with Crippen molar-refractivity contribution < 1.29 is 0 Å². The van der Waals surface area contributed by atoms with E-state index in [0.717, 1.165) is 23.9 Å². The summed E-state index contributed by atoms with van der Waals surface area (Å²) in [7, 11) is 0. The Hall–Kier alpha value is -0.0400. The Bertz CT molecular complexity index is 170. The first-order valence-electron chi connectivity index (χ1n) is 7.00. The molecule has 2 rings (SSSR count). The van der Waals surface area contributed by atoms with E-state index < -0.39 is 0 Å². The SMILES string of the molecule is C[C@@H]1CCC[C@H](N[C@H]2CCC[C@H](C)C2)C1. The predicted molar refractivity (Wildman–Crippen MR) is 66.0 cm³/mol. The quantitative estimate of drug-likeness (QED) is 0.730. The van der Waals surface area contributed by atoms with Gasteiger partial charge in [0.1, 0.15) is 0 Å². The van der Waals surface area contributed by atoms with Gasteiger partial charge in [-0.25, -0.2) is 0 Å². The fraction of sp³-hybridized carbons (Fsp3) is 1.00. The maximum atomic E-state index is 3.92. The maximum Gasteiger partial charge on any atom is 0.00721 e. The van der Waals surface area contributed by atoms with Gasteiger partial charge < -0.3 is 5.32 Å². The minimum Gasteiger partial charge on any atom is -0.311 e. The zero-order valence-corrected chi connectivity index (χ0v) is 10.5. The van der Waals surface area contributed by atoms with Crippen LogP contribution >= 0.6 is 0 Å². The van der Waals surface area contributed by atoms with Gasteiger partial charge in [-0.05, 0) is 37.5 Å². The van der Waals surface area contributed by atoms with Crippen LogP contribution in [0.3, 0.4) is 0 Å². The summed E-state index contributed by atoms with van der Waals surface area (Å²) in [5.41, 5.74) is 0. The Morgan fingerprint density at radius 3 is 1.60 bits per heavy atom. The van der Waals surface area contributed by atoms with Gasteiger partial charge in [0, 0.05) is 12.1 Å². The lowest BCUT2D eigenvalue weighted by molar-refractivity contribution is 0.232. The fourth-order valence-corrected chi connectivity index (χ4v) is 3.50. The smallest absolute Gasteiger partial charge is 0.00721 e. The summed E-state index contributed by atoms with van der Waals surface area (Å²) in [6.07, 6.45) is 11.5. The summed E-state index contributed by atoms with van der Waals surface area (Å²) >= 11 is 0. The van der Waals surface area contributed by atoms with Crippen LogP contribution in [0.5, 0.6) is 0 Å². The second-order valence-electron chi connectivity index (χ2n) is 6.10. The molecule has 1 heteroatoms. The Morgan fingerprint density at radius 1 is 0.733 bits per heavy atom. The van der Waals surface area contributed by atoms with Crippen LogP contribution in [0.4, 0.5) is 0 Å². The van der Waals surface area contributed by atoms with E-state index in [1.165, 1.54) is 51.4 Å². The number of nitrogens with one attached hydrogen (secondary N) is 1. The highest BCUT2D eigenvalue weighted by Gasteiger charge is 2.24. The Labute approximate surface area is 95.0 Å². The third-order valence-electron chi connectivity index (χ3n) is 4.34. The molecule has 0 aromatic heterocycles. The summed E-state index contributed by atoms with van der Waals surface area (Å²) in [6.45, 7) is 4.83. The second kappa shape index (κ2) is 5.34. The van der Waals surface area contributed by atoms with Crippen LogP contribution in [0, 0.1) is 11.8 Å². The molecule has 15 heavy (non-hydrogen) atoms. The van der Waals surface area contributed by atoms with Gasteiger partial charge in [-0.1, -0.05) is 39.5 Å². The fourth-order valence-electron chi connectivity index (χ4n) is 3.50. The van der Waals surface area contributed by atoms with Crippen molar-refractivity contribution in [2.75, 3.05) is 0 Å². The van der Waals surface area contributed by atoms with Crippen molar-refractivity contribution >= 4 is 0 Å². The Morgan fingerprint density at radius 2 is 1.20 bits per heavy atom. The molecule has 2 fully saturated rings. The minimum atomic E-state index is 0.837. The molecule has 0 radical (unpaired) electrons. The molecule has 0 aromatic carbocycles. The molecule has 2 saturated carbocycles. The van der Waals surface area contributed by atoms with Gasteiger partial charge >= 0.3 is 0 Å². The molecule has 0 bridgehead atoms. The maximum absolute atomic E-state index is 3.92. The van der Waals surface area contributed by atoms with Crippen molar-refractivity contribution in [1.82, 2.24) is 5.32 Å². The van der Waals surface area contributed by atoms with Crippen molar-refractivity contribution in [2.24, 2.45) is 11.8 Å². The summed E-state index contributed by atoms with van der Waals surface area (Å²) in [5, 5.41) is 3.92. The summed E-state index contributed by atoms with van der Waals surface area (Å²) < 4.78 is 0. The van der Waals surface area contributed by atoms with Crippen molar-refractivity contribution in [3.8, 4) is 0 Å². The second-order valence-corrected chi connectivity index (χ2v) is 6.10. The van der Waals surface area contributed by atoms with E-state index in [-0.39, 0.29) is 0 Å². The van der Waals surface area contributed by atoms with Gasteiger partial charge in [-0.3, -0.25) is 0 Å². The third-order valence-corrected chi connectivity index (χ3v) is 4.34. The lowest BCUT2D eigenvalue weighted by atomic mass is 9.83. The minimum absolute atomic E-state index is 0.837. The van der Waals surface area contributed by atoms with E-state index in [0.29, 0.717) is 0 Å². The molecule has 0 amide bonds. The Kier molecular flexibility index (Phi) is 4.07. The molecule has 0 aromatic rings. The first-order chi connectivity index (χ1) is 7.24. The highest BCUT2D eigenvalue weighted by molar-refractivity contribution is 4.82. The van der Waals surface area contributed by atoms with Crippen LogP contribution in [0.25, 0.3) is 0 Å². The number of hydrogen-bond donors (Lipinski definition) is 1. The topological polar surface area (TPSA) is 12.0 Å². The molecule has 0 heterocycles. The van der Waals surface area contributed by atoms with Gasteiger partial charge in [0.05, 0.1) is 0 Å². The molecule has 1 nitrogen and oxygen atoms in total. The molecule has 2 aliphatic carbocycles. The average Bonchev–Trinajstić information content (AvgIpc) is 2.17. The van der Waals surface area contributed by atoms with E-state index in [1.54, 1.807) is 0 Å². The van der Waals surface area contributed by atoms with Crippen LogP contribution in [0.1, 0.15) is 65.2 Å². The number of hydrogen-bond acceptors (Lipinski definition) is 1. The third kappa shape index (κ3) is 3.48. The van der Waals surface area contributed by atoms with Gasteiger partial charge in [-0.15, -0.1) is 0 Å². The van der Waals surface area contributed by atoms with Crippen molar-refractivity contribution in [2.45, 2.75) is 77.3 Å². The molecule has 4 atom stereocenters. The van der Waals surface area contributed by atoms with Gasteiger partial charge in [0.15, 0.2) is 0 Å². The molecule has 2 aliphatic rings. The molecule has 88 valence electrons. The predicted octanol–water partition coefficient (Wildman–Crippen LogP) is 3.73. The monoisotopic (exact) mass is 209 g/mol. The van der Waals surface area contributed by atoms with E-state index >= 15 is 0 Å². The highest BCUT2D eigenvalue weighted by Crippen LogP contribution is 2.27. The molecule has 0 aliphatic heterocycles. The number of rotatable bonds is 2. The molecule has 0 saturated heterocycles. The van der Waals surface area contributed by atoms with Gasteiger partial charge in [0.25, 0.3) is 0 Å². The van der Waals surface area contributed by atoms with E-state index in [4.69, 9.17) is 0 Å². The first kappa shape index (κ1) is 11.4. The lowest BCUT2D eigenvalue weighted by Gasteiger charge is -2.34. The van der Waals surface area contributed by atoms with Gasteiger partial charge in [0.2, 0.25) is 0 Å². The van der Waals surface area contributed by atoms with E-state index in [2.05, 4.69) is 19.2 Å². The van der Waals surface area contributed by atoms with E-state index in [1.807, 2.05) is 0 Å².